The molecule has 0 amide bonds. The summed E-state index contributed by atoms with van der Waals surface area (Å²) >= 11 is 0. The van der Waals surface area contributed by atoms with E-state index in [1.807, 2.05) is 0 Å². The van der Waals surface area contributed by atoms with E-state index in [1.54, 1.807) is 0 Å². The number of hydrogen-bond donors (Lipinski definition) is 3. The fraction of sp³-hybridized carbons (Fsp3) is 0.842. The number of allylic oxidation sites excluding steroid dienone is 2. The van der Waals surface area contributed by atoms with Gasteiger partial charge in [-0.25, -0.2) is 0 Å². The van der Waals surface area contributed by atoms with E-state index in [0.29, 0.717) is 6.54 Å². The average Bonchev–Trinajstić information content (AvgIpc) is 2.54. The van der Waals surface area contributed by atoms with Gasteiger partial charge in [-0.2, -0.15) is 0 Å². The lowest BCUT2D eigenvalue weighted by atomic mass is 10.1. The van der Waals surface area contributed by atoms with E-state index in [-0.39, 0.29) is 6.61 Å². The van der Waals surface area contributed by atoms with Crippen molar-refractivity contribution in [3.63, 3.8) is 0 Å². The Morgan fingerprint density at radius 2 is 1.43 bits per heavy atom. The highest BCUT2D eigenvalue weighted by atomic mass is 16.4. The normalized spacial score (nSPS) is 12.8. The highest BCUT2D eigenvalue weighted by Crippen LogP contribution is 2.08. The molecular weight excluding hydrogens is 290 g/mol. The predicted molar refractivity (Wildman–Crippen MR) is 96.7 cm³/mol. The Bertz CT molecular complexity index is 292. The third-order valence-corrected chi connectivity index (χ3v) is 4.06. The molecule has 4 nitrogen and oxygen atoms in total. The summed E-state index contributed by atoms with van der Waals surface area (Å²) in [5, 5.41) is 20.5. The van der Waals surface area contributed by atoms with Gasteiger partial charge >= 0.3 is 5.97 Å². The van der Waals surface area contributed by atoms with E-state index in [4.69, 9.17) is 10.2 Å². The van der Waals surface area contributed by atoms with Crippen LogP contribution in [0.1, 0.15) is 84.0 Å². The Labute approximate surface area is 142 Å². The number of carboxylic acid groups (broad SMARTS) is 1. The largest absolute Gasteiger partial charge is 0.480 e. The number of aliphatic carboxylic acids is 1. The van der Waals surface area contributed by atoms with Crippen molar-refractivity contribution in [2.75, 3.05) is 13.2 Å². The monoisotopic (exact) mass is 327 g/mol. The fourth-order valence-electron chi connectivity index (χ4n) is 2.53. The van der Waals surface area contributed by atoms with Crippen LogP contribution in [0.3, 0.4) is 0 Å². The van der Waals surface area contributed by atoms with Crippen molar-refractivity contribution in [1.29, 1.82) is 0 Å². The van der Waals surface area contributed by atoms with Gasteiger partial charge in [0.2, 0.25) is 0 Å². The first-order valence-corrected chi connectivity index (χ1v) is 9.44. The number of aliphatic hydroxyl groups is 1. The van der Waals surface area contributed by atoms with Crippen molar-refractivity contribution in [3.8, 4) is 0 Å². The number of carboxylic acids is 1. The molecular formula is C19H37NO3. The van der Waals surface area contributed by atoms with E-state index in [1.165, 1.54) is 64.2 Å². The summed E-state index contributed by atoms with van der Waals surface area (Å²) in [6.07, 6.45) is 19.6. The zero-order chi connectivity index (χ0) is 17.2. The second-order valence-electron chi connectivity index (χ2n) is 6.26. The molecule has 0 aromatic rings. The number of hydrogen-bond acceptors (Lipinski definition) is 3. The summed E-state index contributed by atoms with van der Waals surface area (Å²) < 4.78 is 0. The Hall–Kier alpha value is -0.870. The van der Waals surface area contributed by atoms with E-state index >= 15 is 0 Å². The van der Waals surface area contributed by atoms with Gasteiger partial charge in [0, 0.05) is 0 Å². The zero-order valence-electron chi connectivity index (χ0n) is 14.9. The molecule has 1 atom stereocenters. The minimum Gasteiger partial charge on any atom is -0.480 e. The molecule has 0 rings (SSSR count). The standard InChI is InChI=1S/C19H37NO3/c1-2-3-4-5-6-7-8-9-10-11-12-13-14-15-16-20-18(17-21)19(22)23/h7-8,18,20-21H,2-6,9-17H2,1H3,(H,22,23)/b8-7-/t18-/m0/s1. The third-order valence-electron chi connectivity index (χ3n) is 4.06. The van der Waals surface area contributed by atoms with E-state index in [2.05, 4.69) is 24.4 Å². The van der Waals surface area contributed by atoms with Crippen LogP contribution in [0.4, 0.5) is 0 Å². The van der Waals surface area contributed by atoms with Gasteiger partial charge in [-0.15, -0.1) is 0 Å². The molecule has 0 bridgehead atoms. The smallest absolute Gasteiger partial charge is 0.323 e. The molecule has 3 N–H and O–H groups in total. The van der Waals surface area contributed by atoms with Crippen LogP contribution < -0.4 is 5.32 Å². The predicted octanol–water partition coefficient (Wildman–Crippen LogP) is 4.28. The summed E-state index contributed by atoms with van der Waals surface area (Å²) in [6.45, 7) is 2.56. The van der Waals surface area contributed by atoms with E-state index < -0.39 is 12.0 Å². The Kier molecular flexibility index (Phi) is 16.8. The quantitative estimate of drug-likeness (QED) is 0.275. The lowest BCUT2D eigenvalue weighted by molar-refractivity contribution is -0.140. The summed E-state index contributed by atoms with van der Waals surface area (Å²) in [7, 11) is 0. The van der Waals surface area contributed by atoms with Crippen molar-refractivity contribution in [2.45, 2.75) is 90.0 Å². The molecule has 0 aromatic heterocycles. The third kappa shape index (κ3) is 15.8. The summed E-state index contributed by atoms with van der Waals surface area (Å²) in [6, 6.07) is -0.816. The molecule has 136 valence electrons. The van der Waals surface area contributed by atoms with Crippen LogP contribution in [-0.4, -0.2) is 35.4 Å². The molecule has 0 aliphatic heterocycles. The molecule has 0 aliphatic carbocycles. The minimum absolute atomic E-state index is 0.346. The maximum atomic E-state index is 10.7. The fourth-order valence-corrected chi connectivity index (χ4v) is 2.53. The van der Waals surface area contributed by atoms with Crippen LogP contribution >= 0.6 is 0 Å². The van der Waals surface area contributed by atoms with Crippen LogP contribution in [-0.2, 0) is 4.79 Å². The number of rotatable bonds is 17. The molecule has 0 fully saturated rings. The molecule has 0 unspecified atom stereocenters. The average molecular weight is 328 g/mol. The van der Waals surface area contributed by atoms with Crippen molar-refractivity contribution in [2.24, 2.45) is 0 Å². The highest BCUT2D eigenvalue weighted by molar-refractivity contribution is 5.73. The summed E-state index contributed by atoms with van der Waals surface area (Å²) in [5.41, 5.74) is 0. The lowest BCUT2D eigenvalue weighted by Gasteiger charge is -2.10. The molecule has 0 heterocycles. The number of aliphatic hydroxyl groups excluding tert-OH is 1. The molecule has 0 radical (unpaired) electrons. The van der Waals surface area contributed by atoms with Crippen LogP contribution in [0.5, 0.6) is 0 Å². The van der Waals surface area contributed by atoms with Gasteiger partial charge in [0.15, 0.2) is 0 Å². The van der Waals surface area contributed by atoms with E-state index in [0.717, 1.165) is 12.8 Å². The van der Waals surface area contributed by atoms with Crippen molar-refractivity contribution < 1.29 is 15.0 Å². The van der Waals surface area contributed by atoms with Gasteiger partial charge in [-0.05, 0) is 38.6 Å². The molecule has 0 saturated carbocycles. The number of unbranched alkanes of at least 4 members (excludes halogenated alkanes) is 10. The first kappa shape index (κ1) is 22.1. The second-order valence-corrected chi connectivity index (χ2v) is 6.26. The van der Waals surface area contributed by atoms with Gasteiger partial charge in [0.1, 0.15) is 6.04 Å². The van der Waals surface area contributed by atoms with Crippen LogP contribution in [0.25, 0.3) is 0 Å². The van der Waals surface area contributed by atoms with Crippen molar-refractivity contribution in [3.05, 3.63) is 12.2 Å². The zero-order valence-corrected chi connectivity index (χ0v) is 14.9. The lowest BCUT2D eigenvalue weighted by Crippen LogP contribution is -2.40. The maximum absolute atomic E-state index is 10.7. The molecule has 0 spiro atoms. The van der Waals surface area contributed by atoms with Gasteiger partial charge in [-0.3, -0.25) is 4.79 Å². The van der Waals surface area contributed by atoms with Crippen molar-refractivity contribution >= 4 is 5.97 Å². The molecule has 4 heteroatoms. The van der Waals surface area contributed by atoms with Gasteiger partial charge in [-0.1, -0.05) is 64.0 Å². The first-order valence-electron chi connectivity index (χ1n) is 9.44. The van der Waals surface area contributed by atoms with Gasteiger partial charge in [0.05, 0.1) is 6.61 Å². The Morgan fingerprint density at radius 3 is 1.96 bits per heavy atom. The number of nitrogens with one attached hydrogen (secondary N) is 1. The SMILES string of the molecule is CCCCCC/C=C\CCCCCCCCN[C@@H](CO)C(=O)O. The summed E-state index contributed by atoms with van der Waals surface area (Å²) in [4.78, 5) is 10.7. The Morgan fingerprint density at radius 1 is 0.913 bits per heavy atom. The van der Waals surface area contributed by atoms with Gasteiger partial charge in [0.25, 0.3) is 0 Å². The van der Waals surface area contributed by atoms with Crippen LogP contribution in [0.2, 0.25) is 0 Å². The maximum Gasteiger partial charge on any atom is 0.323 e. The molecule has 0 aliphatic rings. The number of carbonyl (C=O) groups is 1. The molecule has 23 heavy (non-hydrogen) atoms. The topological polar surface area (TPSA) is 69.6 Å². The second kappa shape index (κ2) is 17.5. The van der Waals surface area contributed by atoms with Gasteiger partial charge < -0.3 is 15.5 Å². The minimum atomic E-state index is -0.981. The Balaban J connectivity index is 3.21. The van der Waals surface area contributed by atoms with Crippen LogP contribution in [0.15, 0.2) is 12.2 Å². The first-order chi connectivity index (χ1) is 11.2. The molecule has 0 aromatic carbocycles. The van der Waals surface area contributed by atoms with Crippen LogP contribution in [0, 0.1) is 0 Å². The highest BCUT2D eigenvalue weighted by Gasteiger charge is 2.13. The van der Waals surface area contributed by atoms with E-state index in [9.17, 15) is 4.79 Å². The summed E-state index contributed by atoms with van der Waals surface area (Å²) in [5.74, 6) is -0.981. The molecule has 0 saturated heterocycles. The van der Waals surface area contributed by atoms with Crippen molar-refractivity contribution in [1.82, 2.24) is 5.32 Å².